The van der Waals surface area contributed by atoms with Gasteiger partial charge in [-0.2, -0.15) is 0 Å². The molecule has 0 bridgehead atoms. The number of carbonyl (C=O) groups excluding carboxylic acids is 1. The first-order valence-corrected chi connectivity index (χ1v) is 5.79. The third kappa shape index (κ3) is 6.35. The Balaban J connectivity index is 3.87. The first-order valence-electron chi connectivity index (χ1n) is 4.75. The molecule has 0 radical (unpaired) electrons. The predicted octanol–water partition coefficient (Wildman–Crippen LogP) is 0.0446. The normalized spacial score (nSPS) is 14.7. The van der Waals surface area contributed by atoms with Crippen molar-refractivity contribution in [3.8, 4) is 0 Å². The van der Waals surface area contributed by atoms with E-state index in [1.807, 2.05) is 13.8 Å². The molecule has 0 saturated heterocycles. The number of thioether (sulfide) groups is 1. The number of hydrogen-bond donors (Lipinski definition) is 3. The van der Waals surface area contributed by atoms with Crippen LogP contribution in [0.15, 0.2) is 0 Å². The highest BCUT2D eigenvalue weighted by Gasteiger charge is 2.18. The highest BCUT2D eigenvalue weighted by atomic mass is 32.2. The van der Waals surface area contributed by atoms with Crippen molar-refractivity contribution in [2.24, 2.45) is 5.73 Å². The lowest BCUT2D eigenvalue weighted by atomic mass is 10.3. The van der Waals surface area contributed by atoms with E-state index < -0.39 is 12.0 Å². The van der Waals surface area contributed by atoms with Gasteiger partial charge in [0.1, 0.15) is 6.04 Å². The van der Waals surface area contributed by atoms with E-state index in [0.29, 0.717) is 0 Å². The van der Waals surface area contributed by atoms with Crippen LogP contribution in [0, 0.1) is 0 Å². The molecule has 0 rings (SSSR count). The number of nitrogens with two attached hydrogens (primary N) is 1. The number of aliphatic carboxylic acids is 1. The SMILES string of the molecule is CC(C)NC(=O)C(C)SC[C@@H](N)C(=O)O. The molecule has 2 atom stereocenters. The van der Waals surface area contributed by atoms with Crippen molar-refractivity contribution in [3.63, 3.8) is 0 Å². The van der Waals surface area contributed by atoms with Crippen LogP contribution in [0.5, 0.6) is 0 Å². The van der Waals surface area contributed by atoms with Crippen LogP contribution in [0.25, 0.3) is 0 Å². The summed E-state index contributed by atoms with van der Waals surface area (Å²) >= 11 is 1.25. The molecular formula is C9H18N2O3S. The Morgan fingerprint density at radius 1 is 1.40 bits per heavy atom. The van der Waals surface area contributed by atoms with E-state index in [1.54, 1.807) is 6.92 Å². The summed E-state index contributed by atoms with van der Waals surface area (Å²) < 4.78 is 0. The van der Waals surface area contributed by atoms with Crippen LogP contribution < -0.4 is 11.1 Å². The fraction of sp³-hybridized carbons (Fsp3) is 0.778. The van der Waals surface area contributed by atoms with Crippen LogP contribution in [0.4, 0.5) is 0 Å². The Kier molecular flexibility index (Phi) is 6.35. The molecule has 4 N–H and O–H groups in total. The largest absolute Gasteiger partial charge is 0.480 e. The Hall–Kier alpha value is -0.750. The summed E-state index contributed by atoms with van der Waals surface area (Å²) in [6, 6.07) is -0.821. The zero-order chi connectivity index (χ0) is 12.0. The standard InChI is InChI=1S/C9H18N2O3S/c1-5(2)11-8(12)6(3)15-4-7(10)9(13)14/h5-7H,4,10H2,1-3H3,(H,11,12)(H,13,14)/t6?,7-/m1/s1. The summed E-state index contributed by atoms with van der Waals surface area (Å²) in [6.07, 6.45) is 0. The van der Waals surface area contributed by atoms with Gasteiger partial charge in [0.05, 0.1) is 5.25 Å². The van der Waals surface area contributed by atoms with Crippen molar-refractivity contribution in [2.75, 3.05) is 5.75 Å². The summed E-state index contributed by atoms with van der Waals surface area (Å²) in [5.41, 5.74) is 5.31. The predicted molar refractivity (Wildman–Crippen MR) is 60.8 cm³/mol. The third-order valence-electron chi connectivity index (χ3n) is 1.64. The van der Waals surface area contributed by atoms with E-state index in [1.165, 1.54) is 11.8 Å². The van der Waals surface area contributed by atoms with Crippen LogP contribution in [-0.2, 0) is 9.59 Å². The molecule has 5 nitrogen and oxygen atoms in total. The van der Waals surface area contributed by atoms with Gasteiger partial charge in [-0.25, -0.2) is 0 Å². The topological polar surface area (TPSA) is 92.4 Å². The maximum absolute atomic E-state index is 11.4. The lowest BCUT2D eigenvalue weighted by Crippen LogP contribution is -2.38. The van der Waals surface area contributed by atoms with E-state index >= 15 is 0 Å². The van der Waals surface area contributed by atoms with Gasteiger partial charge in [0.15, 0.2) is 0 Å². The lowest BCUT2D eigenvalue weighted by molar-refractivity contribution is -0.138. The number of carbonyl (C=O) groups is 2. The van der Waals surface area contributed by atoms with Crippen molar-refractivity contribution in [1.82, 2.24) is 5.32 Å². The van der Waals surface area contributed by atoms with Crippen LogP contribution in [-0.4, -0.2) is 40.1 Å². The second-order valence-electron chi connectivity index (χ2n) is 3.58. The van der Waals surface area contributed by atoms with E-state index in [0.717, 1.165) is 0 Å². The molecule has 0 fully saturated rings. The molecule has 15 heavy (non-hydrogen) atoms. The van der Waals surface area contributed by atoms with Crippen molar-refractivity contribution in [2.45, 2.75) is 38.1 Å². The first kappa shape index (κ1) is 14.2. The maximum Gasteiger partial charge on any atom is 0.321 e. The van der Waals surface area contributed by atoms with E-state index in [-0.39, 0.29) is 23.0 Å². The summed E-state index contributed by atoms with van der Waals surface area (Å²) in [7, 11) is 0. The van der Waals surface area contributed by atoms with Gasteiger partial charge < -0.3 is 16.2 Å². The maximum atomic E-state index is 11.4. The van der Waals surface area contributed by atoms with Crippen LogP contribution in [0.3, 0.4) is 0 Å². The van der Waals surface area contributed by atoms with Gasteiger partial charge in [-0.1, -0.05) is 0 Å². The smallest absolute Gasteiger partial charge is 0.321 e. The minimum atomic E-state index is -1.04. The van der Waals surface area contributed by atoms with Crippen LogP contribution in [0.1, 0.15) is 20.8 Å². The highest BCUT2D eigenvalue weighted by molar-refractivity contribution is 8.00. The number of carboxylic acid groups (broad SMARTS) is 1. The van der Waals surface area contributed by atoms with E-state index in [4.69, 9.17) is 10.8 Å². The van der Waals surface area contributed by atoms with Crippen molar-refractivity contribution in [3.05, 3.63) is 0 Å². The second kappa shape index (κ2) is 6.68. The highest BCUT2D eigenvalue weighted by Crippen LogP contribution is 2.11. The number of nitrogens with one attached hydrogen (secondary N) is 1. The summed E-state index contributed by atoms with van der Waals surface area (Å²) in [5.74, 6) is -0.895. The number of amides is 1. The van der Waals surface area contributed by atoms with Crippen LogP contribution >= 0.6 is 11.8 Å². The van der Waals surface area contributed by atoms with Gasteiger partial charge in [-0.3, -0.25) is 9.59 Å². The minimum Gasteiger partial charge on any atom is -0.480 e. The van der Waals surface area contributed by atoms with Crippen LogP contribution in [0.2, 0.25) is 0 Å². The molecule has 0 aromatic heterocycles. The molecule has 0 aliphatic carbocycles. The summed E-state index contributed by atoms with van der Waals surface area (Å²) in [5, 5.41) is 11.0. The van der Waals surface area contributed by atoms with Gasteiger partial charge in [-0.15, -0.1) is 11.8 Å². The molecule has 1 amide bonds. The molecule has 0 saturated carbocycles. The zero-order valence-electron chi connectivity index (χ0n) is 9.19. The molecule has 88 valence electrons. The average molecular weight is 234 g/mol. The molecule has 1 unspecified atom stereocenters. The van der Waals surface area contributed by atoms with Gasteiger partial charge in [0.2, 0.25) is 5.91 Å². The summed E-state index contributed by atoms with van der Waals surface area (Å²) in [4.78, 5) is 21.8. The van der Waals surface area contributed by atoms with Gasteiger partial charge in [0.25, 0.3) is 0 Å². The molecule has 0 heterocycles. The fourth-order valence-electron chi connectivity index (χ4n) is 0.797. The first-order chi connectivity index (χ1) is 6.84. The Morgan fingerprint density at radius 3 is 2.33 bits per heavy atom. The molecule has 0 aliphatic rings. The fourth-order valence-corrected chi connectivity index (χ4v) is 1.65. The molecule has 0 spiro atoms. The Bertz CT molecular complexity index is 233. The number of rotatable bonds is 6. The van der Waals surface area contributed by atoms with Crippen molar-refractivity contribution < 1.29 is 14.7 Å². The molecular weight excluding hydrogens is 216 g/mol. The van der Waals surface area contributed by atoms with E-state index in [9.17, 15) is 9.59 Å². The van der Waals surface area contributed by atoms with E-state index in [2.05, 4.69) is 5.32 Å². The molecule has 6 heteroatoms. The quantitative estimate of drug-likeness (QED) is 0.603. The van der Waals surface area contributed by atoms with Gasteiger partial charge >= 0.3 is 5.97 Å². The lowest BCUT2D eigenvalue weighted by Gasteiger charge is -2.15. The van der Waals surface area contributed by atoms with Gasteiger partial charge in [0, 0.05) is 11.8 Å². The van der Waals surface area contributed by atoms with Crippen molar-refractivity contribution >= 4 is 23.6 Å². The second-order valence-corrected chi connectivity index (χ2v) is 4.96. The Labute approximate surface area is 93.8 Å². The molecule has 0 aromatic carbocycles. The average Bonchev–Trinajstić information content (AvgIpc) is 2.12. The monoisotopic (exact) mass is 234 g/mol. The Morgan fingerprint density at radius 2 is 1.93 bits per heavy atom. The summed E-state index contributed by atoms with van der Waals surface area (Å²) in [6.45, 7) is 5.48. The number of carboxylic acids is 1. The van der Waals surface area contributed by atoms with Crippen molar-refractivity contribution in [1.29, 1.82) is 0 Å². The number of hydrogen-bond acceptors (Lipinski definition) is 4. The zero-order valence-corrected chi connectivity index (χ0v) is 10.0. The van der Waals surface area contributed by atoms with Gasteiger partial charge in [-0.05, 0) is 20.8 Å². The minimum absolute atomic E-state index is 0.0902. The molecule has 0 aromatic rings. The third-order valence-corrected chi connectivity index (χ3v) is 2.91. The molecule has 0 aliphatic heterocycles.